The van der Waals surface area contributed by atoms with Crippen LogP contribution in [0.5, 0.6) is 5.88 Å². The van der Waals surface area contributed by atoms with E-state index in [4.69, 9.17) is 9.47 Å². The van der Waals surface area contributed by atoms with Gasteiger partial charge in [-0.3, -0.25) is 0 Å². The summed E-state index contributed by atoms with van der Waals surface area (Å²) in [4.78, 5) is 16.3. The lowest BCUT2D eigenvalue weighted by Crippen LogP contribution is -2.09. The molecule has 0 aliphatic heterocycles. The van der Waals surface area contributed by atoms with E-state index in [9.17, 15) is 0 Å². The highest BCUT2D eigenvalue weighted by Crippen LogP contribution is 2.32. The monoisotopic (exact) mass is 299 g/mol. The Labute approximate surface area is 127 Å². The molecular formula is C15H17N5O2. The Morgan fingerprint density at radius 2 is 2.09 bits per heavy atom. The standard InChI is InChI=1S/C15H17N5O2/c1-21-8-7-16-12-9-11(10-3-4-18-14(10)20-12)13-15(22-2)19-6-5-17-13/h3-6,9H,7-8H2,1-2H3,(H2,16,18,20). The van der Waals surface area contributed by atoms with Crippen LogP contribution < -0.4 is 10.1 Å². The topological polar surface area (TPSA) is 85.0 Å². The maximum Gasteiger partial charge on any atom is 0.240 e. The minimum Gasteiger partial charge on any atom is -0.479 e. The molecule has 114 valence electrons. The van der Waals surface area contributed by atoms with Crippen LogP contribution in [0.15, 0.2) is 30.7 Å². The van der Waals surface area contributed by atoms with Crippen LogP contribution in [0.4, 0.5) is 5.82 Å². The molecular weight excluding hydrogens is 282 g/mol. The Hall–Kier alpha value is -2.67. The summed E-state index contributed by atoms with van der Waals surface area (Å²) in [5.41, 5.74) is 2.38. The molecule has 0 saturated carbocycles. The van der Waals surface area contributed by atoms with Gasteiger partial charge in [-0.1, -0.05) is 0 Å². The van der Waals surface area contributed by atoms with E-state index < -0.39 is 0 Å². The Morgan fingerprint density at radius 1 is 1.23 bits per heavy atom. The van der Waals surface area contributed by atoms with Gasteiger partial charge in [-0.25, -0.2) is 15.0 Å². The van der Waals surface area contributed by atoms with Crippen LogP contribution in [-0.2, 0) is 4.74 Å². The van der Waals surface area contributed by atoms with Gasteiger partial charge in [-0.15, -0.1) is 0 Å². The fourth-order valence-corrected chi connectivity index (χ4v) is 2.26. The van der Waals surface area contributed by atoms with E-state index in [1.165, 1.54) is 0 Å². The van der Waals surface area contributed by atoms with Crippen molar-refractivity contribution >= 4 is 16.9 Å². The van der Waals surface area contributed by atoms with Crippen molar-refractivity contribution in [3.63, 3.8) is 0 Å². The van der Waals surface area contributed by atoms with E-state index in [1.807, 2.05) is 18.3 Å². The van der Waals surface area contributed by atoms with Crippen molar-refractivity contribution in [3.05, 3.63) is 30.7 Å². The van der Waals surface area contributed by atoms with Crippen molar-refractivity contribution in [1.29, 1.82) is 0 Å². The highest BCUT2D eigenvalue weighted by atomic mass is 16.5. The first-order valence-corrected chi connectivity index (χ1v) is 6.90. The van der Waals surface area contributed by atoms with Crippen LogP contribution in [0.2, 0.25) is 0 Å². The third kappa shape index (κ3) is 2.71. The van der Waals surface area contributed by atoms with Crippen LogP contribution in [0.3, 0.4) is 0 Å². The van der Waals surface area contributed by atoms with Gasteiger partial charge in [0, 0.05) is 43.2 Å². The lowest BCUT2D eigenvalue weighted by atomic mass is 10.1. The van der Waals surface area contributed by atoms with Gasteiger partial charge in [0.25, 0.3) is 0 Å². The molecule has 7 heteroatoms. The van der Waals surface area contributed by atoms with Crippen LogP contribution in [0.25, 0.3) is 22.3 Å². The van der Waals surface area contributed by atoms with Gasteiger partial charge in [0.1, 0.15) is 17.2 Å². The van der Waals surface area contributed by atoms with Gasteiger partial charge in [0.15, 0.2) is 0 Å². The fourth-order valence-electron chi connectivity index (χ4n) is 2.26. The average molecular weight is 299 g/mol. The number of aromatic amines is 1. The molecule has 0 radical (unpaired) electrons. The van der Waals surface area contributed by atoms with Crippen LogP contribution in [0.1, 0.15) is 0 Å². The van der Waals surface area contributed by atoms with Gasteiger partial charge in [-0.05, 0) is 12.1 Å². The summed E-state index contributed by atoms with van der Waals surface area (Å²) in [6.45, 7) is 1.28. The predicted octanol–water partition coefficient (Wildman–Crippen LogP) is 2.09. The van der Waals surface area contributed by atoms with Crippen LogP contribution in [0, 0.1) is 0 Å². The lowest BCUT2D eigenvalue weighted by Gasteiger charge is -2.10. The van der Waals surface area contributed by atoms with E-state index in [0.717, 1.165) is 22.4 Å². The molecule has 0 saturated heterocycles. The summed E-state index contributed by atoms with van der Waals surface area (Å²) in [5, 5.41) is 4.20. The van der Waals surface area contributed by atoms with E-state index in [2.05, 4.69) is 25.3 Å². The maximum atomic E-state index is 5.32. The molecule has 3 aromatic rings. The Kier molecular flexibility index (Phi) is 4.15. The number of H-pyrrole nitrogens is 1. The third-order valence-electron chi connectivity index (χ3n) is 3.25. The number of nitrogens with zero attached hydrogens (tertiary/aromatic N) is 3. The van der Waals surface area contributed by atoms with Crippen molar-refractivity contribution in [2.45, 2.75) is 0 Å². The van der Waals surface area contributed by atoms with E-state index >= 15 is 0 Å². The number of aromatic nitrogens is 4. The first-order chi connectivity index (χ1) is 10.8. The first kappa shape index (κ1) is 14.3. The highest BCUT2D eigenvalue weighted by molar-refractivity contribution is 5.94. The van der Waals surface area contributed by atoms with E-state index in [0.29, 0.717) is 24.7 Å². The number of hydrogen-bond donors (Lipinski definition) is 2. The number of pyridine rings is 1. The van der Waals surface area contributed by atoms with Crippen molar-refractivity contribution in [3.8, 4) is 17.1 Å². The average Bonchev–Trinajstić information content (AvgIpc) is 3.03. The maximum absolute atomic E-state index is 5.32. The molecule has 7 nitrogen and oxygen atoms in total. The number of methoxy groups -OCH3 is 2. The number of ether oxygens (including phenoxy) is 2. The molecule has 0 spiro atoms. The molecule has 0 aromatic carbocycles. The summed E-state index contributed by atoms with van der Waals surface area (Å²) in [7, 11) is 3.25. The Morgan fingerprint density at radius 3 is 2.91 bits per heavy atom. The number of hydrogen-bond acceptors (Lipinski definition) is 6. The second-order valence-corrected chi connectivity index (χ2v) is 4.63. The summed E-state index contributed by atoms with van der Waals surface area (Å²) < 4.78 is 10.4. The number of anilines is 1. The molecule has 0 aliphatic rings. The normalized spacial score (nSPS) is 10.8. The SMILES string of the molecule is COCCNc1cc(-c2nccnc2OC)c2cc[nH]c2n1. The van der Waals surface area contributed by atoms with Gasteiger partial charge in [-0.2, -0.15) is 0 Å². The molecule has 0 fully saturated rings. The Balaban J connectivity index is 2.08. The summed E-state index contributed by atoms with van der Waals surface area (Å²) in [6, 6.07) is 3.91. The van der Waals surface area contributed by atoms with Gasteiger partial charge in [0.05, 0.1) is 13.7 Å². The zero-order chi connectivity index (χ0) is 15.4. The smallest absolute Gasteiger partial charge is 0.240 e. The predicted molar refractivity (Wildman–Crippen MR) is 84.0 cm³/mol. The van der Waals surface area contributed by atoms with E-state index in [1.54, 1.807) is 26.6 Å². The zero-order valence-electron chi connectivity index (χ0n) is 12.5. The molecule has 3 rings (SSSR count). The molecule has 3 heterocycles. The molecule has 3 aromatic heterocycles. The molecule has 0 unspecified atom stereocenters. The van der Waals surface area contributed by atoms with Crippen LogP contribution >= 0.6 is 0 Å². The van der Waals surface area contributed by atoms with Gasteiger partial charge < -0.3 is 19.8 Å². The molecule has 22 heavy (non-hydrogen) atoms. The number of rotatable bonds is 6. The van der Waals surface area contributed by atoms with Crippen molar-refractivity contribution in [1.82, 2.24) is 19.9 Å². The molecule has 0 bridgehead atoms. The molecule has 0 aliphatic carbocycles. The number of nitrogens with one attached hydrogen (secondary N) is 2. The minimum absolute atomic E-state index is 0.485. The quantitative estimate of drug-likeness (QED) is 0.678. The highest BCUT2D eigenvalue weighted by Gasteiger charge is 2.14. The first-order valence-electron chi connectivity index (χ1n) is 6.90. The van der Waals surface area contributed by atoms with Crippen LogP contribution in [-0.4, -0.2) is 47.3 Å². The molecule has 2 N–H and O–H groups in total. The van der Waals surface area contributed by atoms with Crippen molar-refractivity contribution in [2.24, 2.45) is 0 Å². The van der Waals surface area contributed by atoms with Gasteiger partial charge in [0.2, 0.25) is 5.88 Å². The second-order valence-electron chi connectivity index (χ2n) is 4.63. The summed E-state index contributed by atoms with van der Waals surface area (Å²) >= 11 is 0. The fraction of sp³-hybridized carbons (Fsp3) is 0.267. The minimum atomic E-state index is 0.485. The van der Waals surface area contributed by atoms with Crippen molar-refractivity contribution in [2.75, 3.05) is 32.7 Å². The molecule has 0 atom stereocenters. The zero-order valence-corrected chi connectivity index (χ0v) is 12.5. The van der Waals surface area contributed by atoms with Crippen molar-refractivity contribution < 1.29 is 9.47 Å². The lowest BCUT2D eigenvalue weighted by molar-refractivity contribution is 0.210. The van der Waals surface area contributed by atoms with E-state index in [-0.39, 0.29) is 0 Å². The summed E-state index contributed by atoms with van der Waals surface area (Å²) in [5.74, 6) is 1.23. The summed E-state index contributed by atoms with van der Waals surface area (Å²) in [6.07, 6.45) is 5.10. The largest absolute Gasteiger partial charge is 0.479 e. The van der Waals surface area contributed by atoms with Gasteiger partial charge >= 0.3 is 0 Å². The number of fused-ring (bicyclic) bond motifs is 1. The second kappa shape index (κ2) is 6.40. The Bertz CT molecular complexity index is 771. The third-order valence-corrected chi connectivity index (χ3v) is 3.25. The molecule has 0 amide bonds.